The predicted molar refractivity (Wildman–Crippen MR) is 94.1 cm³/mol. The molecule has 3 unspecified atom stereocenters. The number of esters is 1. The van der Waals surface area contributed by atoms with Gasteiger partial charge in [-0.25, -0.2) is 0 Å². The highest BCUT2D eigenvalue weighted by Crippen LogP contribution is 2.55. The smallest absolute Gasteiger partial charge is 0.303 e. The largest absolute Gasteiger partial charge is 0.493 e. The van der Waals surface area contributed by atoms with Crippen LogP contribution in [0.15, 0.2) is 24.3 Å². The van der Waals surface area contributed by atoms with Gasteiger partial charge in [0.15, 0.2) is 11.5 Å². The van der Waals surface area contributed by atoms with E-state index in [0.717, 1.165) is 23.3 Å². The van der Waals surface area contributed by atoms with E-state index in [1.807, 2.05) is 23.1 Å². The van der Waals surface area contributed by atoms with Crippen LogP contribution in [-0.2, 0) is 26.3 Å². The van der Waals surface area contributed by atoms with Gasteiger partial charge in [0.2, 0.25) is 5.91 Å². The molecule has 0 N–H and O–H groups in total. The van der Waals surface area contributed by atoms with Gasteiger partial charge in [-0.1, -0.05) is 12.1 Å². The minimum atomic E-state index is -0.319. The first-order valence-electron chi connectivity index (χ1n) is 8.93. The van der Waals surface area contributed by atoms with E-state index in [1.54, 1.807) is 14.0 Å². The third-order valence-corrected chi connectivity index (χ3v) is 5.70. The number of hydrogen-bond acceptors (Lipinski definition) is 5. The van der Waals surface area contributed by atoms with Crippen LogP contribution in [-0.4, -0.2) is 42.6 Å². The van der Waals surface area contributed by atoms with Gasteiger partial charge in [-0.2, -0.15) is 0 Å². The van der Waals surface area contributed by atoms with Crippen LogP contribution in [0.2, 0.25) is 0 Å². The van der Waals surface area contributed by atoms with Crippen molar-refractivity contribution in [2.24, 2.45) is 0 Å². The van der Waals surface area contributed by atoms with E-state index in [4.69, 9.17) is 14.2 Å². The SMILES string of the molecule is COc1ccc2c3c1OC1CC(OC(C)=O)C=CC31CCN(C(C)=O)C2. The summed E-state index contributed by atoms with van der Waals surface area (Å²) in [6, 6.07) is 3.93. The van der Waals surface area contributed by atoms with Gasteiger partial charge in [0.25, 0.3) is 0 Å². The van der Waals surface area contributed by atoms with Crippen molar-refractivity contribution in [2.45, 2.75) is 50.9 Å². The van der Waals surface area contributed by atoms with Crippen LogP contribution < -0.4 is 9.47 Å². The Labute approximate surface area is 152 Å². The second-order valence-electron chi connectivity index (χ2n) is 7.21. The lowest BCUT2D eigenvalue weighted by molar-refractivity contribution is -0.145. The van der Waals surface area contributed by atoms with Gasteiger partial charge < -0.3 is 19.1 Å². The predicted octanol–water partition coefficient (Wildman–Crippen LogP) is 2.34. The standard InChI is InChI=1S/C20H23NO5/c1-12(22)21-9-8-20-7-6-15(25-13(2)23)10-17(20)26-19-16(24-3)5-4-14(11-21)18(19)20/h4-7,15,17H,8-11H2,1-3H3. The number of ether oxygens (including phenoxy) is 3. The third-order valence-electron chi connectivity index (χ3n) is 5.70. The third kappa shape index (κ3) is 2.47. The molecule has 0 saturated heterocycles. The van der Waals surface area contributed by atoms with Gasteiger partial charge in [-0.3, -0.25) is 9.59 Å². The molecule has 4 rings (SSSR count). The average molecular weight is 357 g/mol. The fraction of sp³-hybridized carbons (Fsp3) is 0.500. The maximum absolute atomic E-state index is 12.0. The van der Waals surface area contributed by atoms with E-state index >= 15 is 0 Å². The molecule has 2 aliphatic heterocycles. The van der Waals surface area contributed by atoms with Crippen molar-refractivity contribution in [1.29, 1.82) is 0 Å². The Morgan fingerprint density at radius 1 is 1.31 bits per heavy atom. The van der Waals surface area contributed by atoms with Crippen LogP contribution in [0.3, 0.4) is 0 Å². The van der Waals surface area contributed by atoms with E-state index in [9.17, 15) is 9.59 Å². The Bertz CT molecular complexity index is 802. The minimum Gasteiger partial charge on any atom is -0.493 e. The highest BCUT2D eigenvalue weighted by molar-refractivity contribution is 5.74. The van der Waals surface area contributed by atoms with E-state index in [-0.39, 0.29) is 29.5 Å². The molecule has 0 radical (unpaired) electrons. The Hall–Kier alpha value is -2.50. The zero-order chi connectivity index (χ0) is 18.5. The Balaban J connectivity index is 1.82. The van der Waals surface area contributed by atoms with E-state index in [2.05, 4.69) is 6.08 Å². The van der Waals surface area contributed by atoms with Crippen LogP contribution in [0.5, 0.6) is 11.5 Å². The molecule has 2 heterocycles. The fourth-order valence-electron chi connectivity index (χ4n) is 4.49. The number of rotatable bonds is 2. The normalized spacial score (nSPS) is 28.5. The lowest BCUT2D eigenvalue weighted by atomic mass is 9.69. The van der Waals surface area contributed by atoms with Gasteiger partial charge in [0.1, 0.15) is 12.2 Å². The van der Waals surface area contributed by atoms with Gasteiger partial charge in [0.05, 0.1) is 12.5 Å². The zero-order valence-corrected chi connectivity index (χ0v) is 15.3. The molecular weight excluding hydrogens is 334 g/mol. The summed E-state index contributed by atoms with van der Waals surface area (Å²) in [6.07, 6.45) is 5.00. The maximum Gasteiger partial charge on any atom is 0.303 e. The molecule has 1 aromatic rings. The molecule has 138 valence electrons. The number of carbonyl (C=O) groups excluding carboxylic acids is 2. The van der Waals surface area contributed by atoms with Crippen LogP contribution >= 0.6 is 0 Å². The van der Waals surface area contributed by atoms with Gasteiger partial charge >= 0.3 is 5.97 Å². The summed E-state index contributed by atoms with van der Waals surface area (Å²) in [6.45, 7) is 4.25. The van der Waals surface area contributed by atoms with Crippen LogP contribution in [0, 0.1) is 0 Å². The Morgan fingerprint density at radius 2 is 2.12 bits per heavy atom. The zero-order valence-electron chi connectivity index (χ0n) is 15.3. The van der Waals surface area contributed by atoms with Crippen molar-refractivity contribution >= 4 is 11.9 Å². The summed E-state index contributed by atoms with van der Waals surface area (Å²) in [4.78, 5) is 25.2. The summed E-state index contributed by atoms with van der Waals surface area (Å²) in [7, 11) is 1.63. The molecule has 0 fully saturated rings. The van der Waals surface area contributed by atoms with E-state index < -0.39 is 0 Å². The average Bonchev–Trinajstić information content (AvgIpc) is 2.82. The maximum atomic E-state index is 12.0. The van der Waals surface area contributed by atoms with Gasteiger partial charge in [0, 0.05) is 38.9 Å². The quantitative estimate of drug-likeness (QED) is 0.600. The summed E-state index contributed by atoms with van der Waals surface area (Å²) in [5.41, 5.74) is 1.88. The van der Waals surface area contributed by atoms with Crippen LogP contribution in [0.4, 0.5) is 0 Å². The molecule has 3 aliphatic rings. The molecule has 6 nitrogen and oxygen atoms in total. The van der Waals surface area contributed by atoms with Crippen molar-refractivity contribution in [3.8, 4) is 11.5 Å². The number of amides is 1. The first-order valence-corrected chi connectivity index (χ1v) is 8.93. The molecule has 1 amide bonds. The first-order chi connectivity index (χ1) is 12.4. The summed E-state index contributed by atoms with van der Waals surface area (Å²) < 4.78 is 17.2. The van der Waals surface area contributed by atoms with Crippen molar-refractivity contribution in [3.63, 3.8) is 0 Å². The number of nitrogens with zero attached hydrogens (tertiary/aromatic N) is 1. The number of carbonyl (C=O) groups is 2. The number of hydrogen-bond donors (Lipinski definition) is 0. The molecule has 26 heavy (non-hydrogen) atoms. The van der Waals surface area contributed by atoms with E-state index in [0.29, 0.717) is 25.3 Å². The van der Waals surface area contributed by atoms with Gasteiger partial charge in [-0.15, -0.1) is 0 Å². The number of benzene rings is 1. The van der Waals surface area contributed by atoms with Crippen LogP contribution in [0.1, 0.15) is 37.8 Å². The topological polar surface area (TPSA) is 65.1 Å². The molecule has 6 heteroatoms. The molecule has 0 saturated carbocycles. The minimum absolute atomic E-state index is 0.0704. The highest BCUT2D eigenvalue weighted by Gasteiger charge is 2.53. The van der Waals surface area contributed by atoms with Crippen molar-refractivity contribution in [2.75, 3.05) is 13.7 Å². The lowest BCUT2D eigenvalue weighted by Gasteiger charge is -2.36. The highest BCUT2D eigenvalue weighted by atomic mass is 16.5. The second-order valence-corrected chi connectivity index (χ2v) is 7.21. The van der Waals surface area contributed by atoms with Gasteiger partial charge in [-0.05, 0) is 24.1 Å². The molecule has 3 atom stereocenters. The summed E-state index contributed by atoms with van der Waals surface area (Å²) in [5, 5.41) is 0. The summed E-state index contributed by atoms with van der Waals surface area (Å²) in [5.74, 6) is 1.23. The molecular formula is C20H23NO5. The fourth-order valence-corrected chi connectivity index (χ4v) is 4.49. The van der Waals surface area contributed by atoms with Crippen molar-refractivity contribution in [3.05, 3.63) is 35.4 Å². The van der Waals surface area contributed by atoms with E-state index in [1.165, 1.54) is 6.92 Å². The Kier molecular flexibility index (Phi) is 3.93. The van der Waals surface area contributed by atoms with Crippen molar-refractivity contribution < 1.29 is 23.8 Å². The molecule has 0 aromatic heterocycles. The molecule has 1 aromatic carbocycles. The van der Waals surface area contributed by atoms with Crippen LogP contribution in [0.25, 0.3) is 0 Å². The monoisotopic (exact) mass is 357 g/mol. The number of methoxy groups -OCH3 is 1. The molecule has 1 spiro atoms. The second kappa shape index (κ2) is 6.04. The lowest BCUT2D eigenvalue weighted by Crippen LogP contribution is -2.44. The Morgan fingerprint density at radius 3 is 2.81 bits per heavy atom. The summed E-state index contributed by atoms with van der Waals surface area (Å²) >= 11 is 0. The molecule has 0 bridgehead atoms. The molecule has 1 aliphatic carbocycles. The first kappa shape index (κ1) is 16.9. The van der Waals surface area contributed by atoms with Crippen molar-refractivity contribution in [1.82, 2.24) is 4.90 Å².